The summed E-state index contributed by atoms with van der Waals surface area (Å²) < 4.78 is 15.5. The van der Waals surface area contributed by atoms with Gasteiger partial charge in [0.1, 0.15) is 5.82 Å². The Balaban J connectivity index is 1.71. The molecule has 0 aliphatic carbocycles. The maximum absolute atomic E-state index is 14.7. The van der Waals surface area contributed by atoms with E-state index in [1.807, 2.05) is 36.9 Å². The van der Waals surface area contributed by atoms with Crippen LogP contribution in [0.1, 0.15) is 46.0 Å². The van der Waals surface area contributed by atoms with Gasteiger partial charge in [-0.2, -0.15) is 0 Å². The summed E-state index contributed by atoms with van der Waals surface area (Å²) in [6.07, 6.45) is 1.17. The van der Waals surface area contributed by atoms with Crippen LogP contribution in [0.15, 0.2) is 40.9 Å². The summed E-state index contributed by atoms with van der Waals surface area (Å²) in [5.41, 5.74) is 2.39. The van der Waals surface area contributed by atoms with E-state index in [1.165, 1.54) is 6.07 Å². The van der Waals surface area contributed by atoms with E-state index in [4.69, 9.17) is 0 Å². The van der Waals surface area contributed by atoms with Crippen molar-refractivity contribution in [3.8, 4) is 0 Å². The van der Waals surface area contributed by atoms with E-state index >= 15 is 0 Å². The molecule has 3 rings (SSSR count). The molecule has 1 amide bonds. The maximum atomic E-state index is 14.7. The van der Waals surface area contributed by atoms with Gasteiger partial charge in [0.25, 0.3) is 5.91 Å². The van der Waals surface area contributed by atoms with E-state index in [1.54, 1.807) is 17.0 Å². The van der Waals surface area contributed by atoms with Gasteiger partial charge < -0.3 is 9.80 Å². The number of hydrogen-bond acceptors (Lipinski definition) is 3. The first-order valence-corrected chi connectivity index (χ1v) is 10.3. The standard InChI is InChI=1S/C22H24BrFN2O2/c1-3-6-21(27)17-14-19(24)20(13-15(17)2)25-9-11-26(12-10-25)22(28)16-7-4-5-8-18(16)23/h4-5,7-8,13-14H,3,6,9-12H2,1-2H3. The molecule has 1 fully saturated rings. The SMILES string of the molecule is CCCC(=O)c1cc(F)c(N2CCN(C(=O)c3ccccc3Br)CC2)cc1C. The van der Waals surface area contributed by atoms with Crippen molar-refractivity contribution in [1.82, 2.24) is 4.90 Å². The zero-order valence-electron chi connectivity index (χ0n) is 16.2. The second-order valence-corrected chi connectivity index (χ2v) is 7.91. The van der Waals surface area contributed by atoms with E-state index in [0.29, 0.717) is 49.4 Å². The van der Waals surface area contributed by atoms with Gasteiger partial charge in [0, 0.05) is 42.6 Å². The smallest absolute Gasteiger partial charge is 0.255 e. The fraction of sp³-hybridized carbons (Fsp3) is 0.364. The molecule has 148 valence electrons. The number of piperazine rings is 1. The molecule has 28 heavy (non-hydrogen) atoms. The van der Waals surface area contributed by atoms with Gasteiger partial charge in [-0.3, -0.25) is 9.59 Å². The number of amides is 1. The van der Waals surface area contributed by atoms with Gasteiger partial charge in [-0.1, -0.05) is 19.1 Å². The Hall–Kier alpha value is -2.21. The number of halogens is 2. The first-order valence-electron chi connectivity index (χ1n) is 9.54. The minimum absolute atomic E-state index is 0.0192. The van der Waals surface area contributed by atoms with Gasteiger partial charge in [0.15, 0.2) is 5.78 Å². The Morgan fingerprint density at radius 2 is 1.75 bits per heavy atom. The van der Waals surface area contributed by atoms with E-state index in [0.717, 1.165) is 16.5 Å². The normalized spacial score (nSPS) is 14.3. The molecule has 1 heterocycles. The molecule has 6 heteroatoms. The first-order chi connectivity index (χ1) is 13.4. The molecule has 0 unspecified atom stereocenters. The minimum atomic E-state index is -0.379. The average Bonchev–Trinajstić information content (AvgIpc) is 2.69. The van der Waals surface area contributed by atoms with Crippen LogP contribution in [0.3, 0.4) is 0 Å². The van der Waals surface area contributed by atoms with Crippen LogP contribution in [-0.2, 0) is 0 Å². The summed E-state index contributed by atoms with van der Waals surface area (Å²) in [6.45, 7) is 5.93. The molecule has 0 radical (unpaired) electrons. The third-order valence-corrected chi connectivity index (χ3v) is 5.77. The topological polar surface area (TPSA) is 40.6 Å². The Labute approximate surface area is 173 Å². The molecule has 2 aromatic rings. The molecule has 0 saturated carbocycles. The minimum Gasteiger partial charge on any atom is -0.366 e. The summed E-state index contributed by atoms with van der Waals surface area (Å²) in [6, 6.07) is 10.5. The van der Waals surface area contributed by atoms with Crippen LogP contribution >= 0.6 is 15.9 Å². The Bertz CT molecular complexity index is 892. The fourth-order valence-corrected chi connectivity index (χ4v) is 3.98. The summed E-state index contributed by atoms with van der Waals surface area (Å²) in [7, 11) is 0. The lowest BCUT2D eigenvalue weighted by Crippen LogP contribution is -2.49. The van der Waals surface area contributed by atoms with Crippen LogP contribution < -0.4 is 4.90 Å². The molecular formula is C22H24BrFN2O2. The van der Waals surface area contributed by atoms with Crippen molar-refractivity contribution in [2.75, 3.05) is 31.1 Å². The van der Waals surface area contributed by atoms with Crippen molar-refractivity contribution in [3.05, 3.63) is 63.4 Å². The molecule has 1 aliphatic heterocycles. The molecule has 0 bridgehead atoms. The largest absolute Gasteiger partial charge is 0.366 e. The van der Waals surface area contributed by atoms with Crippen molar-refractivity contribution < 1.29 is 14.0 Å². The summed E-state index contributed by atoms with van der Waals surface area (Å²) in [4.78, 5) is 28.6. The summed E-state index contributed by atoms with van der Waals surface area (Å²) >= 11 is 3.42. The molecule has 0 spiro atoms. The lowest BCUT2D eigenvalue weighted by atomic mass is 10.00. The van der Waals surface area contributed by atoms with Crippen LogP contribution in [0, 0.1) is 12.7 Å². The third-order valence-electron chi connectivity index (χ3n) is 5.08. The van der Waals surface area contributed by atoms with Gasteiger partial charge in [0.2, 0.25) is 0 Å². The average molecular weight is 447 g/mol. The maximum Gasteiger partial charge on any atom is 0.255 e. The third kappa shape index (κ3) is 4.27. The lowest BCUT2D eigenvalue weighted by molar-refractivity contribution is 0.0745. The van der Waals surface area contributed by atoms with Gasteiger partial charge in [0.05, 0.1) is 11.3 Å². The predicted octanol–water partition coefficient (Wildman–Crippen LogP) is 4.84. The van der Waals surface area contributed by atoms with Crippen molar-refractivity contribution in [1.29, 1.82) is 0 Å². The molecular weight excluding hydrogens is 423 g/mol. The molecule has 2 aromatic carbocycles. The van der Waals surface area contributed by atoms with E-state index in [9.17, 15) is 14.0 Å². The van der Waals surface area contributed by atoms with Crippen molar-refractivity contribution in [2.45, 2.75) is 26.7 Å². The van der Waals surface area contributed by atoms with Crippen molar-refractivity contribution in [3.63, 3.8) is 0 Å². The lowest BCUT2D eigenvalue weighted by Gasteiger charge is -2.36. The van der Waals surface area contributed by atoms with Crippen molar-refractivity contribution in [2.24, 2.45) is 0 Å². The monoisotopic (exact) mass is 446 g/mol. The van der Waals surface area contributed by atoms with E-state index in [-0.39, 0.29) is 17.5 Å². The molecule has 1 aliphatic rings. The van der Waals surface area contributed by atoms with Gasteiger partial charge >= 0.3 is 0 Å². The second kappa shape index (κ2) is 8.86. The fourth-order valence-electron chi connectivity index (χ4n) is 3.53. The number of anilines is 1. The Kier molecular flexibility index (Phi) is 6.50. The number of hydrogen-bond donors (Lipinski definition) is 0. The van der Waals surface area contributed by atoms with Gasteiger partial charge in [-0.05, 0) is 59.1 Å². The van der Waals surface area contributed by atoms with Crippen LogP contribution in [0.5, 0.6) is 0 Å². The second-order valence-electron chi connectivity index (χ2n) is 7.05. The molecule has 4 nitrogen and oxygen atoms in total. The highest BCUT2D eigenvalue weighted by molar-refractivity contribution is 9.10. The van der Waals surface area contributed by atoms with Crippen LogP contribution in [0.2, 0.25) is 0 Å². The number of carbonyl (C=O) groups excluding carboxylic acids is 2. The number of rotatable bonds is 5. The number of ketones is 1. The number of nitrogens with zero attached hydrogens (tertiary/aromatic N) is 2. The summed E-state index contributed by atoms with van der Waals surface area (Å²) in [5.74, 6) is -0.422. The Morgan fingerprint density at radius 3 is 2.39 bits per heavy atom. The highest BCUT2D eigenvalue weighted by Gasteiger charge is 2.25. The molecule has 1 saturated heterocycles. The predicted molar refractivity (Wildman–Crippen MR) is 113 cm³/mol. The zero-order valence-corrected chi connectivity index (χ0v) is 17.8. The quantitative estimate of drug-likeness (QED) is 0.616. The van der Waals surface area contributed by atoms with E-state index < -0.39 is 0 Å². The number of aryl methyl sites for hydroxylation is 1. The molecule has 0 atom stereocenters. The molecule has 0 aromatic heterocycles. The van der Waals surface area contributed by atoms with Crippen LogP contribution in [0.4, 0.5) is 10.1 Å². The van der Waals surface area contributed by atoms with Crippen LogP contribution in [-0.4, -0.2) is 42.8 Å². The zero-order chi connectivity index (χ0) is 20.3. The number of Topliss-reactive ketones (excluding diaryl/α,β-unsaturated/α-hetero) is 1. The Morgan fingerprint density at radius 1 is 1.07 bits per heavy atom. The summed E-state index contributed by atoms with van der Waals surface area (Å²) in [5, 5.41) is 0. The van der Waals surface area contributed by atoms with Crippen LogP contribution in [0.25, 0.3) is 0 Å². The molecule has 0 N–H and O–H groups in total. The van der Waals surface area contributed by atoms with Gasteiger partial charge in [-0.25, -0.2) is 4.39 Å². The number of benzene rings is 2. The van der Waals surface area contributed by atoms with Gasteiger partial charge in [-0.15, -0.1) is 0 Å². The van der Waals surface area contributed by atoms with Crippen molar-refractivity contribution >= 4 is 33.3 Å². The first kappa shape index (κ1) is 20.5. The number of carbonyl (C=O) groups is 2. The highest BCUT2D eigenvalue weighted by Crippen LogP contribution is 2.26. The highest BCUT2D eigenvalue weighted by atomic mass is 79.9. The van der Waals surface area contributed by atoms with E-state index in [2.05, 4.69) is 15.9 Å².